The molecule has 0 aliphatic carbocycles. The van der Waals surface area contributed by atoms with Crippen LogP contribution in [0.2, 0.25) is 0 Å². The van der Waals surface area contributed by atoms with Gasteiger partial charge in [-0.1, -0.05) is 13.0 Å². The second-order valence-corrected chi connectivity index (χ2v) is 3.54. The molecule has 0 aliphatic heterocycles. The van der Waals surface area contributed by atoms with Crippen molar-refractivity contribution in [3.63, 3.8) is 0 Å². The molecule has 0 radical (unpaired) electrons. The van der Waals surface area contributed by atoms with Gasteiger partial charge < -0.3 is 9.53 Å². The van der Waals surface area contributed by atoms with Crippen LogP contribution in [0.4, 0.5) is 0 Å². The molecule has 0 heterocycles. The summed E-state index contributed by atoms with van der Waals surface area (Å²) in [5.74, 6) is 0.392. The molecule has 15 heavy (non-hydrogen) atoms. The molecule has 0 N–H and O–H groups in total. The number of nitriles is 1. The highest BCUT2D eigenvalue weighted by Gasteiger charge is 2.05. The first-order chi connectivity index (χ1) is 7.17. The Morgan fingerprint density at radius 1 is 1.60 bits per heavy atom. The van der Waals surface area contributed by atoms with Gasteiger partial charge in [-0.15, -0.1) is 0 Å². The van der Waals surface area contributed by atoms with Gasteiger partial charge in [0.25, 0.3) is 0 Å². The Bertz CT molecular complexity index is 393. The van der Waals surface area contributed by atoms with Gasteiger partial charge in [-0.25, -0.2) is 0 Å². The SMILES string of the molecule is Cc1ccc(C#N)c(OCC(C)C=O)c1. The third kappa shape index (κ3) is 3.10. The Morgan fingerprint density at radius 2 is 2.33 bits per heavy atom. The molecular weight excluding hydrogens is 190 g/mol. The van der Waals surface area contributed by atoms with E-state index in [2.05, 4.69) is 6.07 Å². The first-order valence-corrected chi connectivity index (χ1v) is 4.76. The van der Waals surface area contributed by atoms with Crippen LogP contribution in [-0.2, 0) is 4.79 Å². The average molecular weight is 203 g/mol. The van der Waals surface area contributed by atoms with Crippen LogP contribution in [0, 0.1) is 24.2 Å². The maximum atomic E-state index is 10.4. The summed E-state index contributed by atoms with van der Waals surface area (Å²) in [4.78, 5) is 10.4. The number of nitrogens with zero attached hydrogens (tertiary/aromatic N) is 1. The van der Waals surface area contributed by atoms with Gasteiger partial charge in [0.1, 0.15) is 18.1 Å². The molecule has 3 nitrogen and oxygen atoms in total. The molecule has 1 unspecified atom stereocenters. The van der Waals surface area contributed by atoms with E-state index in [1.165, 1.54) is 0 Å². The van der Waals surface area contributed by atoms with Crippen LogP contribution in [0.15, 0.2) is 18.2 Å². The first-order valence-electron chi connectivity index (χ1n) is 4.76. The van der Waals surface area contributed by atoms with Gasteiger partial charge >= 0.3 is 0 Å². The molecule has 0 amide bonds. The van der Waals surface area contributed by atoms with Crippen LogP contribution in [0.3, 0.4) is 0 Å². The summed E-state index contributed by atoms with van der Waals surface area (Å²) in [6.45, 7) is 4.01. The minimum absolute atomic E-state index is 0.156. The Hall–Kier alpha value is -1.82. The number of benzene rings is 1. The van der Waals surface area contributed by atoms with E-state index >= 15 is 0 Å². The van der Waals surface area contributed by atoms with Gasteiger partial charge in [0, 0.05) is 5.92 Å². The highest BCUT2D eigenvalue weighted by molar-refractivity contribution is 5.53. The lowest BCUT2D eigenvalue weighted by Crippen LogP contribution is -2.10. The Labute approximate surface area is 89.3 Å². The minimum atomic E-state index is -0.156. The molecule has 0 aromatic heterocycles. The van der Waals surface area contributed by atoms with E-state index < -0.39 is 0 Å². The minimum Gasteiger partial charge on any atom is -0.491 e. The zero-order valence-electron chi connectivity index (χ0n) is 8.86. The number of carbonyl (C=O) groups excluding carboxylic acids is 1. The fourth-order valence-corrected chi connectivity index (χ4v) is 1.10. The molecule has 0 saturated heterocycles. The summed E-state index contributed by atoms with van der Waals surface area (Å²) in [5, 5.41) is 8.83. The second kappa shape index (κ2) is 5.16. The smallest absolute Gasteiger partial charge is 0.137 e. The van der Waals surface area contributed by atoms with Crippen LogP contribution in [0.25, 0.3) is 0 Å². The quantitative estimate of drug-likeness (QED) is 0.704. The zero-order chi connectivity index (χ0) is 11.3. The van der Waals surface area contributed by atoms with E-state index in [9.17, 15) is 4.79 Å². The van der Waals surface area contributed by atoms with E-state index in [1.54, 1.807) is 19.1 Å². The molecule has 0 bridgehead atoms. The van der Waals surface area contributed by atoms with Crippen LogP contribution in [0.5, 0.6) is 5.75 Å². The third-order valence-corrected chi connectivity index (χ3v) is 1.99. The molecule has 0 aliphatic rings. The highest BCUT2D eigenvalue weighted by Crippen LogP contribution is 2.19. The largest absolute Gasteiger partial charge is 0.491 e. The summed E-state index contributed by atoms with van der Waals surface area (Å²) in [7, 11) is 0. The molecule has 0 fully saturated rings. The molecule has 78 valence electrons. The lowest BCUT2D eigenvalue weighted by Gasteiger charge is -2.09. The van der Waals surface area contributed by atoms with E-state index in [4.69, 9.17) is 10.00 Å². The van der Waals surface area contributed by atoms with E-state index in [0.717, 1.165) is 11.8 Å². The lowest BCUT2D eigenvalue weighted by molar-refractivity contribution is -0.111. The monoisotopic (exact) mass is 203 g/mol. The molecule has 1 aromatic carbocycles. The molecule has 1 aromatic rings. The fraction of sp³-hybridized carbons (Fsp3) is 0.333. The standard InChI is InChI=1S/C12H13NO2/c1-9-3-4-11(6-13)12(5-9)15-8-10(2)7-14/h3-5,7,10H,8H2,1-2H3. The number of carbonyl (C=O) groups is 1. The van der Waals surface area contributed by atoms with Crippen molar-refractivity contribution in [3.05, 3.63) is 29.3 Å². The molecule has 1 atom stereocenters. The van der Waals surface area contributed by atoms with E-state index in [-0.39, 0.29) is 5.92 Å². The zero-order valence-corrected chi connectivity index (χ0v) is 8.86. The highest BCUT2D eigenvalue weighted by atomic mass is 16.5. The van der Waals surface area contributed by atoms with Crippen molar-refractivity contribution in [2.45, 2.75) is 13.8 Å². The van der Waals surface area contributed by atoms with Crippen molar-refractivity contribution in [1.29, 1.82) is 5.26 Å². The summed E-state index contributed by atoms with van der Waals surface area (Å²) < 4.78 is 5.41. The van der Waals surface area contributed by atoms with Crippen LogP contribution < -0.4 is 4.74 Å². The van der Waals surface area contributed by atoms with Gasteiger partial charge in [0.2, 0.25) is 0 Å². The predicted octanol–water partition coefficient (Wildman–Crippen LogP) is 2.08. The molecule has 0 saturated carbocycles. The van der Waals surface area contributed by atoms with Crippen molar-refractivity contribution >= 4 is 6.29 Å². The summed E-state index contributed by atoms with van der Waals surface area (Å²) in [6.07, 6.45) is 0.835. The van der Waals surface area contributed by atoms with Crippen molar-refractivity contribution in [2.75, 3.05) is 6.61 Å². The number of ether oxygens (including phenoxy) is 1. The first kappa shape index (κ1) is 11.3. The molecule has 3 heteroatoms. The topological polar surface area (TPSA) is 50.1 Å². The van der Waals surface area contributed by atoms with Crippen molar-refractivity contribution in [3.8, 4) is 11.8 Å². The van der Waals surface area contributed by atoms with Crippen LogP contribution >= 0.6 is 0 Å². The maximum absolute atomic E-state index is 10.4. The Kier molecular flexibility index (Phi) is 3.87. The third-order valence-electron chi connectivity index (χ3n) is 1.99. The predicted molar refractivity (Wildman–Crippen MR) is 56.6 cm³/mol. The normalized spacial score (nSPS) is 11.5. The van der Waals surface area contributed by atoms with Gasteiger partial charge in [-0.05, 0) is 24.6 Å². The number of aryl methyl sites for hydroxylation is 1. The van der Waals surface area contributed by atoms with Gasteiger partial charge in [0.15, 0.2) is 0 Å². The van der Waals surface area contributed by atoms with E-state index in [0.29, 0.717) is 17.9 Å². The van der Waals surface area contributed by atoms with E-state index in [1.807, 2.05) is 13.0 Å². The average Bonchev–Trinajstić information content (AvgIpc) is 2.26. The number of aldehydes is 1. The molecular formula is C12H13NO2. The van der Waals surface area contributed by atoms with Crippen molar-refractivity contribution < 1.29 is 9.53 Å². The Balaban J connectivity index is 2.79. The number of rotatable bonds is 4. The fourth-order valence-electron chi connectivity index (χ4n) is 1.10. The molecule has 1 rings (SSSR count). The summed E-state index contributed by atoms with van der Waals surface area (Å²) in [5.41, 5.74) is 1.53. The van der Waals surface area contributed by atoms with Crippen LogP contribution in [-0.4, -0.2) is 12.9 Å². The van der Waals surface area contributed by atoms with Crippen LogP contribution in [0.1, 0.15) is 18.1 Å². The maximum Gasteiger partial charge on any atom is 0.137 e. The number of hydrogen-bond donors (Lipinski definition) is 0. The van der Waals surface area contributed by atoms with Gasteiger partial charge in [-0.2, -0.15) is 5.26 Å². The summed E-state index contributed by atoms with van der Waals surface area (Å²) in [6, 6.07) is 7.43. The van der Waals surface area contributed by atoms with Crippen molar-refractivity contribution in [1.82, 2.24) is 0 Å². The van der Waals surface area contributed by atoms with Gasteiger partial charge in [0.05, 0.1) is 12.2 Å². The number of hydrogen-bond acceptors (Lipinski definition) is 3. The molecule has 0 spiro atoms. The van der Waals surface area contributed by atoms with Crippen molar-refractivity contribution in [2.24, 2.45) is 5.92 Å². The second-order valence-electron chi connectivity index (χ2n) is 3.54. The Morgan fingerprint density at radius 3 is 2.93 bits per heavy atom. The van der Waals surface area contributed by atoms with Gasteiger partial charge in [-0.3, -0.25) is 0 Å². The summed E-state index contributed by atoms with van der Waals surface area (Å²) >= 11 is 0. The lowest BCUT2D eigenvalue weighted by atomic mass is 10.1.